The van der Waals surface area contributed by atoms with E-state index >= 15 is 0 Å². The molecule has 0 amide bonds. The van der Waals surface area contributed by atoms with Crippen LogP contribution >= 0.6 is 36.6 Å². The molecule has 0 radical (unpaired) electrons. The van der Waals surface area contributed by atoms with Gasteiger partial charge in [-0.05, 0) is 42.6 Å². The number of aliphatic hydroxyl groups is 1. The van der Waals surface area contributed by atoms with Gasteiger partial charge in [0, 0.05) is 50.8 Å². The van der Waals surface area contributed by atoms with Crippen LogP contribution in [0.1, 0.15) is 5.56 Å². The number of likely N-dealkylation sites (tertiary alicyclic amines) is 1. The number of benzene rings is 1. The van der Waals surface area contributed by atoms with Crippen LogP contribution in [0.5, 0.6) is 11.5 Å². The number of ether oxygens (including phenoxy) is 2. The summed E-state index contributed by atoms with van der Waals surface area (Å²) in [6.45, 7) is 8.62. The Morgan fingerprint density at radius 2 is 1.80 bits per heavy atom. The Morgan fingerprint density at radius 1 is 1.10 bits per heavy atom. The van der Waals surface area contributed by atoms with Crippen molar-refractivity contribution in [2.24, 2.45) is 11.8 Å². The van der Waals surface area contributed by atoms with Gasteiger partial charge >= 0.3 is 0 Å². The van der Waals surface area contributed by atoms with E-state index in [0.717, 1.165) is 63.4 Å². The van der Waals surface area contributed by atoms with Crippen molar-refractivity contribution in [3.8, 4) is 11.5 Å². The van der Waals surface area contributed by atoms with Gasteiger partial charge in [-0.2, -0.15) is 11.8 Å². The number of fused-ring (bicyclic) bond motifs is 1. The molecular formula is C21H35Cl2N3O3S. The molecule has 0 bridgehead atoms. The predicted octanol–water partition coefficient (Wildman–Crippen LogP) is 1.98. The summed E-state index contributed by atoms with van der Waals surface area (Å²) in [6.07, 6.45) is -0.484. The number of thioether (sulfide) groups is 1. The van der Waals surface area contributed by atoms with Crippen LogP contribution in [-0.2, 0) is 6.54 Å². The lowest BCUT2D eigenvalue weighted by atomic mass is 10.0. The Hall–Kier alpha value is -0.410. The molecule has 0 saturated carbocycles. The third kappa shape index (κ3) is 6.79. The van der Waals surface area contributed by atoms with E-state index in [-0.39, 0.29) is 24.8 Å². The largest absolute Gasteiger partial charge is 0.493 e. The van der Waals surface area contributed by atoms with E-state index < -0.39 is 6.10 Å². The molecule has 3 fully saturated rings. The summed E-state index contributed by atoms with van der Waals surface area (Å²) in [5, 5.41) is 13.9. The monoisotopic (exact) mass is 479 g/mol. The highest BCUT2D eigenvalue weighted by Gasteiger charge is 2.36. The second-order valence-electron chi connectivity index (χ2n) is 8.24. The maximum absolute atomic E-state index is 10.4. The number of rotatable bonds is 8. The highest BCUT2D eigenvalue weighted by molar-refractivity contribution is 7.99. The van der Waals surface area contributed by atoms with Gasteiger partial charge in [-0.1, -0.05) is 6.07 Å². The zero-order valence-electron chi connectivity index (χ0n) is 17.6. The predicted molar refractivity (Wildman–Crippen MR) is 128 cm³/mol. The van der Waals surface area contributed by atoms with E-state index in [0.29, 0.717) is 18.9 Å². The highest BCUT2D eigenvalue weighted by Crippen LogP contribution is 2.30. The molecular weight excluding hydrogens is 445 g/mol. The first-order chi connectivity index (χ1) is 13.7. The van der Waals surface area contributed by atoms with Crippen molar-refractivity contribution in [2.75, 3.05) is 71.0 Å². The average Bonchev–Trinajstić information content (AvgIpc) is 3.29. The quantitative estimate of drug-likeness (QED) is 0.590. The first-order valence-electron chi connectivity index (χ1n) is 10.4. The minimum absolute atomic E-state index is 0. The lowest BCUT2D eigenvalue weighted by Gasteiger charge is -2.26. The van der Waals surface area contributed by atoms with E-state index in [1.54, 1.807) is 7.11 Å². The summed E-state index contributed by atoms with van der Waals surface area (Å²) < 4.78 is 11.5. The fourth-order valence-corrected chi connectivity index (χ4v) is 5.56. The Bertz CT molecular complexity index is 640. The van der Waals surface area contributed by atoms with Crippen LogP contribution in [0.15, 0.2) is 18.2 Å². The number of halogens is 2. The van der Waals surface area contributed by atoms with E-state index in [2.05, 4.69) is 27.2 Å². The summed E-state index contributed by atoms with van der Waals surface area (Å²) in [5.74, 6) is 5.38. The molecule has 1 unspecified atom stereocenters. The van der Waals surface area contributed by atoms with Gasteiger partial charge in [0.15, 0.2) is 11.5 Å². The lowest BCUT2D eigenvalue weighted by molar-refractivity contribution is 0.0725. The summed E-state index contributed by atoms with van der Waals surface area (Å²) >= 11 is 2.03. The molecule has 3 aliphatic heterocycles. The van der Waals surface area contributed by atoms with E-state index in [9.17, 15) is 5.11 Å². The Labute approximate surface area is 196 Å². The van der Waals surface area contributed by atoms with E-state index in [1.807, 2.05) is 17.8 Å². The van der Waals surface area contributed by atoms with Crippen molar-refractivity contribution in [1.29, 1.82) is 0 Å². The molecule has 0 aromatic heterocycles. The number of hydrogen-bond acceptors (Lipinski definition) is 7. The number of β-amino-alcohol motifs (C(OH)–C–C–N with tert-alkyl or cyclic N) is 1. The molecule has 6 nitrogen and oxygen atoms in total. The van der Waals surface area contributed by atoms with Crippen molar-refractivity contribution < 1.29 is 14.6 Å². The topological polar surface area (TPSA) is 57.2 Å². The molecule has 172 valence electrons. The van der Waals surface area contributed by atoms with Gasteiger partial charge in [-0.15, -0.1) is 24.8 Å². The summed E-state index contributed by atoms with van der Waals surface area (Å²) in [4.78, 5) is 4.86. The van der Waals surface area contributed by atoms with Crippen molar-refractivity contribution >= 4 is 36.6 Å². The zero-order chi connectivity index (χ0) is 19.3. The first-order valence-corrected chi connectivity index (χ1v) is 11.6. The van der Waals surface area contributed by atoms with Crippen LogP contribution < -0.4 is 14.8 Å². The molecule has 1 aromatic carbocycles. The van der Waals surface area contributed by atoms with Gasteiger partial charge in [-0.3, -0.25) is 9.80 Å². The molecule has 3 atom stereocenters. The maximum Gasteiger partial charge on any atom is 0.161 e. The van der Waals surface area contributed by atoms with Crippen molar-refractivity contribution in [1.82, 2.24) is 15.1 Å². The molecule has 1 aromatic rings. The van der Waals surface area contributed by atoms with Gasteiger partial charge < -0.3 is 19.9 Å². The SMILES string of the molecule is COc1cc(CN2CCSCC2)ccc1OCC(O)CN1C[C@H]2CNC[C@H]2C1.Cl.Cl. The van der Waals surface area contributed by atoms with Gasteiger partial charge in [0.1, 0.15) is 12.7 Å². The van der Waals surface area contributed by atoms with Crippen LogP contribution in [-0.4, -0.2) is 92.0 Å². The fraction of sp³-hybridized carbons (Fsp3) is 0.714. The Kier molecular flexibility index (Phi) is 10.8. The molecule has 3 heterocycles. The van der Waals surface area contributed by atoms with Gasteiger partial charge in [0.25, 0.3) is 0 Å². The minimum atomic E-state index is -0.484. The molecule has 3 saturated heterocycles. The van der Waals surface area contributed by atoms with Crippen LogP contribution in [0.3, 0.4) is 0 Å². The second kappa shape index (κ2) is 12.6. The van der Waals surface area contributed by atoms with Gasteiger partial charge in [-0.25, -0.2) is 0 Å². The van der Waals surface area contributed by atoms with Crippen LogP contribution in [0.2, 0.25) is 0 Å². The smallest absolute Gasteiger partial charge is 0.161 e. The molecule has 0 aliphatic carbocycles. The normalized spacial score (nSPS) is 25.1. The number of hydrogen-bond donors (Lipinski definition) is 2. The van der Waals surface area contributed by atoms with E-state index in [4.69, 9.17) is 9.47 Å². The number of nitrogens with one attached hydrogen (secondary N) is 1. The molecule has 3 aliphatic rings. The summed E-state index contributed by atoms with van der Waals surface area (Å²) in [6, 6.07) is 6.16. The molecule has 4 rings (SSSR count). The Morgan fingerprint density at radius 3 is 2.47 bits per heavy atom. The maximum atomic E-state index is 10.4. The van der Waals surface area contributed by atoms with Crippen LogP contribution in [0.4, 0.5) is 0 Å². The van der Waals surface area contributed by atoms with Gasteiger partial charge in [0.05, 0.1) is 7.11 Å². The molecule has 9 heteroatoms. The average molecular weight is 481 g/mol. The molecule has 30 heavy (non-hydrogen) atoms. The van der Waals surface area contributed by atoms with Crippen molar-refractivity contribution in [3.63, 3.8) is 0 Å². The first kappa shape index (κ1) is 25.8. The zero-order valence-corrected chi connectivity index (χ0v) is 20.1. The third-order valence-electron chi connectivity index (χ3n) is 6.10. The minimum Gasteiger partial charge on any atom is -0.493 e. The molecule has 0 spiro atoms. The highest BCUT2D eigenvalue weighted by atomic mass is 35.5. The third-order valence-corrected chi connectivity index (χ3v) is 7.05. The number of aliphatic hydroxyl groups excluding tert-OH is 1. The van der Waals surface area contributed by atoms with Crippen molar-refractivity contribution in [2.45, 2.75) is 12.6 Å². The Balaban J connectivity index is 0.00000160. The van der Waals surface area contributed by atoms with E-state index in [1.165, 1.54) is 17.1 Å². The van der Waals surface area contributed by atoms with Crippen LogP contribution in [0.25, 0.3) is 0 Å². The van der Waals surface area contributed by atoms with Crippen LogP contribution in [0, 0.1) is 11.8 Å². The van der Waals surface area contributed by atoms with Gasteiger partial charge in [0.2, 0.25) is 0 Å². The standard InChI is InChI=1S/C21H33N3O3S.2ClH/c1-26-21-8-16(11-23-4-6-28-7-5-23)2-3-20(21)27-15-19(25)14-24-12-17-9-22-10-18(17)13-24;;/h2-3,8,17-19,22,25H,4-7,9-15H2,1H3;2*1H/t17-,18+,19?;;. The second-order valence-corrected chi connectivity index (χ2v) is 9.46. The summed E-state index contributed by atoms with van der Waals surface area (Å²) in [7, 11) is 1.68. The van der Waals surface area contributed by atoms with Crippen molar-refractivity contribution in [3.05, 3.63) is 23.8 Å². The lowest BCUT2D eigenvalue weighted by Crippen LogP contribution is -2.36. The fourth-order valence-electron chi connectivity index (χ4n) is 4.59. The number of nitrogens with zero attached hydrogens (tertiary/aromatic N) is 2. The summed E-state index contributed by atoms with van der Waals surface area (Å²) in [5.41, 5.74) is 1.24. The molecule has 2 N–H and O–H groups in total. The number of methoxy groups -OCH3 is 1.